The molecule has 1 aromatic rings. The van der Waals surface area contributed by atoms with Crippen LogP contribution in [0.5, 0.6) is 0 Å². The zero-order valence-corrected chi connectivity index (χ0v) is 12.7. The molecule has 0 spiro atoms. The molecular weight excluding hydrogens is 262 g/mol. The van der Waals surface area contributed by atoms with Gasteiger partial charge in [-0.2, -0.15) is 4.31 Å². The van der Waals surface area contributed by atoms with E-state index >= 15 is 0 Å². The number of ketones is 1. The first-order valence-corrected chi connectivity index (χ1v) is 7.91. The van der Waals surface area contributed by atoms with Crippen molar-refractivity contribution in [3.8, 4) is 0 Å². The number of Topliss-reactive ketones (excluding diaryl/α,β-unsaturated/α-hetero) is 1. The summed E-state index contributed by atoms with van der Waals surface area (Å²) in [5.74, 6) is -0.0711. The van der Waals surface area contributed by atoms with Crippen LogP contribution in [0.2, 0.25) is 0 Å². The molecule has 0 bridgehead atoms. The van der Waals surface area contributed by atoms with E-state index in [4.69, 9.17) is 0 Å². The summed E-state index contributed by atoms with van der Waals surface area (Å²) in [6.45, 7) is 7.58. The van der Waals surface area contributed by atoms with Crippen molar-refractivity contribution in [3.63, 3.8) is 0 Å². The highest BCUT2D eigenvalue weighted by Gasteiger charge is 2.26. The standard InChI is InChI=1S/C14H21NO3S/c1-5-11(3)15(6-2)19(17,18)14-9-7-13(8-10-14)12(4)16/h7-11H,5-6H2,1-4H3. The Hall–Kier alpha value is -1.20. The van der Waals surface area contributed by atoms with Crippen molar-refractivity contribution in [1.29, 1.82) is 0 Å². The van der Waals surface area contributed by atoms with Crippen molar-refractivity contribution < 1.29 is 13.2 Å². The molecule has 1 unspecified atom stereocenters. The summed E-state index contributed by atoms with van der Waals surface area (Å²) in [6, 6.07) is 6.07. The van der Waals surface area contributed by atoms with Crippen molar-refractivity contribution in [2.45, 2.75) is 45.1 Å². The van der Waals surface area contributed by atoms with E-state index in [1.165, 1.54) is 23.4 Å². The molecule has 1 atom stereocenters. The highest BCUT2D eigenvalue weighted by molar-refractivity contribution is 7.89. The van der Waals surface area contributed by atoms with Gasteiger partial charge in [0.1, 0.15) is 0 Å². The van der Waals surface area contributed by atoms with Gasteiger partial charge in [0.2, 0.25) is 10.0 Å². The fourth-order valence-corrected chi connectivity index (χ4v) is 3.63. The van der Waals surface area contributed by atoms with Gasteiger partial charge in [0, 0.05) is 18.2 Å². The summed E-state index contributed by atoms with van der Waals surface area (Å²) in [5.41, 5.74) is 0.519. The Morgan fingerprint density at radius 3 is 2.11 bits per heavy atom. The second-order valence-electron chi connectivity index (χ2n) is 4.55. The Kier molecular flexibility index (Phi) is 5.26. The molecule has 0 N–H and O–H groups in total. The molecule has 0 aromatic heterocycles. The van der Waals surface area contributed by atoms with Crippen molar-refractivity contribution in [3.05, 3.63) is 29.8 Å². The van der Waals surface area contributed by atoms with Gasteiger partial charge in [-0.1, -0.05) is 26.0 Å². The molecule has 0 amide bonds. The Labute approximate surface area is 115 Å². The minimum atomic E-state index is -3.48. The SMILES string of the molecule is CCC(C)N(CC)S(=O)(=O)c1ccc(C(C)=O)cc1. The second kappa shape index (κ2) is 6.30. The number of carbonyl (C=O) groups excluding carboxylic acids is 1. The first kappa shape index (κ1) is 15.9. The summed E-state index contributed by atoms with van der Waals surface area (Å²) in [4.78, 5) is 11.4. The van der Waals surface area contributed by atoms with Gasteiger partial charge in [0.05, 0.1) is 4.90 Å². The number of nitrogens with zero attached hydrogens (tertiary/aromatic N) is 1. The van der Waals surface area contributed by atoms with Crippen LogP contribution in [0.3, 0.4) is 0 Å². The molecule has 0 saturated heterocycles. The maximum atomic E-state index is 12.5. The van der Waals surface area contributed by atoms with Crippen molar-refractivity contribution in [1.82, 2.24) is 4.31 Å². The summed E-state index contributed by atoms with van der Waals surface area (Å²) in [6.07, 6.45) is 0.762. The molecule has 0 saturated carbocycles. The molecule has 0 aliphatic carbocycles. The van der Waals surface area contributed by atoms with Gasteiger partial charge in [0.25, 0.3) is 0 Å². The molecule has 1 aromatic carbocycles. The first-order valence-electron chi connectivity index (χ1n) is 6.47. The van der Waals surface area contributed by atoms with Gasteiger partial charge in [0.15, 0.2) is 5.78 Å². The minimum absolute atomic E-state index is 0.0394. The van der Waals surface area contributed by atoms with E-state index < -0.39 is 10.0 Å². The van der Waals surface area contributed by atoms with Crippen molar-refractivity contribution >= 4 is 15.8 Å². The molecule has 0 fully saturated rings. The first-order chi connectivity index (χ1) is 8.84. The minimum Gasteiger partial charge on any atom is -0.295 e. The molecule has 4 nitrogen and oxygen atoms in total. The quantitative estimate of drug-likeness (QED) is 0.754. The second-order valence-corrected chi connectivity index (χ2v) is 6.44. The largest absolute Gasteiger partial charge is 0.295 e. The van der Waals surface area contributed by atoms with E-state index in [0.29, 0.717) is 12.1 Å². The highest BCUT2D eigenvalue weighted by Crippen LogP contribution is 2.20. The van der Waals surface area contributed by atoms with Crippen LogP contribution in [0, 0.1) is 0 Å². The van der Waals surface area contributed by atoms with E-state index in [-0.39, 0.29) is 16.7 Å². The molecule has 19 heavy (non-hydrogen) atoms. The number of hydrogen-bond acceptors (Lipinski definition) is 3. The molecular formula is C14H21NO3S. The van der Waals surface area contributed by atoms with E-state index in [1.807, 2.05) is 20.8 Å². The van der Waals surface area contributed by atoms with Crippen LogP contribution < -0.4 is 0 Å². The van der Waals surface area contributed by atoms with Gasteiger partial charge in [-0.05, 0) is 32.4 Å². The normalized spacial score (nSPS) is 13.5. The van der Waals surface area contributed by atoms with Crippen molar-refractivity contribution in [2.75, 3.05) is 6.54 Å². The van der Waals surface area contributed by atoms with E-state index in [2.05, 4.69) is 0 Å². The van der Waals surface area contributed by atoms with E-state index in [0.717, 1.165) is 6.42 Å². The Morgan fingerprint density at radius 2 is 1.74 bits per heavy atom. The van der Waals surface area contributed by atoms with Crippen LogP contribution in [0.4, 0.5) is 0 Å². The summed E-state index contributed by atoms with van der Waals surface area (Å²) in [7, 11) is -3.48. The molecule has 0 aliphatic rings. The lowest BCUT2D eigenvalue weighted by Crippen LogP contribution is -2.38. The summed E-state index contributed by atoms with van der Waals surface area (Å²) >= 11 is 0. The molecule has 106 valence electrons. The predicted molar refractivity (Wildman–Crippen MR) is 75.8 cm³/mol. The van der Waals surface area contributed by atoms with Gasteiger partial charge in [-0.25, -0.2) is 8.42 Å². The lowest BCUT2D eigenvalue weighted by molar-refractivity contribution is 0.101. The Bertz CT molecular complexity index is 534. The summed E-state index contributed by atoms with van der Waals surface area (Å²) < 4.78 is 26.5. The topological polar surface area (TPSA) is 54.5 Å². The molecule has 1 rings (SSSR count). The number of sulfonamides is 1. The van der Waals surface area contributed by atoms with Crippen LogP contribution in [0.1, 0.15) is 44.5 Å². The van der Waals surface area contributed by atoms with Gasteiger partial charge < -0.3 is 0 Å². The Balaban J connectivity index is 3.15. The average Bonchev–Trinajstić information content (AvgIpc) is 2.39. The number of carbonyl (C=O) groups is 1. The van der Waals surface area contributed by atoms with Crippen LogP contribution in [-0.2, 0) is 10.0 Å². The molecule has 0 aliphatic heterocycles. The van der Waals surface area contributed by atoms with Crippen LogP contribution in [0.25, 0.3) is 0 Å². The van der Waals surface area contributed by atoms with Gasteiger partial charge >= 0.3 is 0 Å². The van der Waals surface area contributed by atoms with Crippen LogP contribution in [0.15, 0.2) is 29.2 Å². The maximum Gasteiger partial charge on any atom is 0.243 e. The predicted octanol–water partition coefficient (Wildman–Crippen LogP) is 2.70. The molecule has 5 heteroatoms. The third-order valence-corrected chi connectivity index (χ3v) is 5.36. The van der Waals surface area contributed by atoms with Crippen molar-refractivity contribution in [2.24, 2.45) is 0 Å². The highest BCUT2D eigenvalue weighted by atomic mass is 32.2. The van der Waals surface area contributed by atoms with Gasteiger partial charge in [-0.15, -0.1) is 0 Å². The summed E-state index contributed by atoms with van der Waals surface area (Å²) in [5, 5.41) is 0. The van der Waals surface area contributed by atoms with Crippen LogP contribution in [-0.4, -0.2) is 31.1 Å². The lowest BCUT2D eigenvalue weighted by Gasteiger charge is -2.26. The maximum absolute atomic E-state index is 12.5. The lowest BCUT2D eigenvalue weighted by atomic mass is 10.2. The van der Waals surface area contributed by atoms with E-state index in [9.17, 15) is 13.2 Å². The third-order valence-electron chi connectivity index (χ3n) is 3.26. The Morgan fingerprint density at radius 1 is 1.21 bits per heavy atom. The fraction of sp³-hybridized carbons (Fsp3) is 0.500. The number of rotatable bonds is 6. The number of hydrogen-bond donors (Lipinski definition) is 0. The zero-order valence-electron chi connectivity index (χ0n) is 11.9. The number of benzene rings is 1. The fourth-order valence-electron chi connectivity index (χ4n) is 1.92. The van der Waals surface area contributed by atoms with E-state index in [1.54, 1.807) is 12.1 Å². The molecule has 0 radical (unpaired) electrons. The molecule has 0 heterocycles. The third kappa shape index (κ3) is 3.42. The zero-order chi connectivity index (χ0) is 14.6. The van der Waals surface area contributed by atoms with Gasteiger partial charge in [-0.3, -0.25) is 4.79 Å². The monoisotopic (exact) mass is 283 g/mol. The van der Waals surface area contributed by atoms with Crippen LogP contribution >= 0.6 is 0 Å². The average molecular weight is 283 g/mol. The smallest absolute Gasteiger partial charge is 0.243 e.